The fourth-order valence-corrected chi connectivity index (χ4v) is 2.35. The third kappa shape index (κ3) is 1.89. The van der Waals surface area contributed by atoms with E-state index in [0.29, 0.717) is 16.3 Å². The Morgan fingerprint density at radius 1 is 1.53 bits per heavy atom. The van der Waals surface area contributed by atoms with Crippen molar-refractivity contribution in [2.45, 2.75) is 11.3 Å². The molecule has 1 saturated heterocycles. The summed E-state index contributed by atoms with van der Waals surface area (Å²) in [6, 6.07) is 0. The molecule has 0 bridgehead atoms. The van der Waals surface area contributed by atoms with E-state index in [1.165, 1.54) is 16.3 Å². The van der Waals surface area contributed by atoms with Gasteiger partial charge in [-0.15, -0.1) is 0 Å². The third-order valence-corrected chi connectivity index (χ3v) is 3.55. The van der Waals surface area contributed by atoms with E-state index in [9.17, 15) is 9.59 Å². The number of hydrogen-bond acceptors (Lipinski definition) is 5. The molecule has 2 aromatic rings. The average molecular weight is 254 g/mol. The Kier molecular flexibility index (Phi) is 2.33. The van der Waals surface area contributed by atoms with Gasteiger partial charge in [-0.3, -0.25) is 14.3 Å². The maximum Gasteiger partial charge on any atom is 0.329 e. The van der Waals surface area contributed by atoms with Crippen LogP contribution in [-0.2, 0) is 11.8 Å². The summed E-state index contributed by atoms with van der Waals surface area (Å²) in [6.45, 7) is 0.784. The number of nitrogens with zero attached hydrogens (tertiary/aromatic N) is 2. The van der Waals surface area contributed by atoms with Crippen molar-refractivity contribution in [2.75, 3.05) is 12.4 Å². The number of rotatable bonds is 3. The van der Waals surface area contributed by atoms with Crippen LogP contribution in [0, 0.1) is 0 Å². The van der Waals surface area contributed by atoms with Crippen LogP contribution in [0.15, 0.2) is 14.7 Å². The first-order chi connectivity index (χ1) is 8.15. The van der Waals surface area contributed by atoms with E-state index < -0.39 is 11.2 Å². The average Bonchev–Trinajstić information content (AvgIpc) is 3.02. The van der Waals surface area contributed by atoms with Crippen molar-refractivity contribution >= 4 is 22.9 Å². The molecule has 17 heavy (non-hydrogen) atoms. The molecule has 3 rings (SSSR count). The van der Waals surface area contributed by atoms with Crippen LogP contribution in [0.2, 0.25) is 0 Å². The van der Waals surface area contributed by atoms with E-state index in [1.54, 1.807) is 7.05 Å². The minimum Gasteiger partial charge on any atom is -0.372 e. The van der Waals surface area contributed by atoms with Gasteiger partial charge in [0.2, 0.25) is 0 Å². The Morgan fingerprint density at radius 3 is 3.00 bits per heavy atom. The molecule has 0 aliphatic carbocycles. The second-order valence-electron chi connectivity index (χ2n) is 3.83. The lowest BCUT2D eigenvalue weighted by atomic mass is 10.5. The zero-order chi connectivity index (χ0) is 12.0. The van der Waals surface area contributed by atoms with Gasteiger partial charge in [0.15, 0.2) is 16.3 Å². The summed E-state index contributed by atoms with van der Waals surface area (Å²) in [4.78, 5) is 32.3. The van der Waals surface area contributed by atoms with Crippen LogP contribution < -0.4 is 11.2 Å². The highest BCUT2D eigenvalue weighted by molar-refractivity contribution is 7.99. The Labute approximate surface area is 99.2 Å². The van der Waals surface area contributed by atoms with Crippen molar-refractivity contribution in [2.24, 2.45) is 7.05 Å². The van der Waals surface area contributed by atoms with Gasteiger partial charge < -0.3 is 9.72 Å². The molecule has 2 aromatic heterocycles. The van der Waals surface area contributed by atoms with Gasteiger partial charge in [0, 0.05) is 12.8 Å². The zero-order valence-corrected chi connectivity index (χ0v) is 9.84. The number of imidazole rings is 1. The van der Waals surface area contributed by atoms with Crippen molar-refractivity contribution in [3.8, 4) is 0 Å². The number of hydrogen-bond donors (Lipinski definition) is 2. The molecule has 1 aliphatic rings. The van der Waals surface area contributed by atoms with Crippen LogP contribution in [0.1, 0.15) is 0 Å². The van der Waals surface area contributed by atoms with E-state index in [-0.39, 0.29) is 6.10 Å². The van der Waals surface area contributed by atoms with Crippen LogP contribution in [-0.4, -0.2) is 38.0 Å². The molecule has 0 radical (unpaired) electrons. The predicted molar refractivity (Wildman–Crippen MR) is 62.4 cm³/mol. The van der Waals surface area contributed by atoms with E-state index >= 15 is 0 Å². The number of aromatic nitrogens is 4. The summed E-state index contributed by atoms with van der Waals surface area (Å²) in [5.41, 5.74) is -0.203. The quantitative estimate of drug-likeness (QED) is 0.565. The summed E-state index contributed by atoms with van der Waals surface area (Å²) < 4.78 is 6.40. The molecule has 3 heterocycles. The first-order valence-corrected chi connectivity index (χ1v) is 6.07. The third-order valence-electron chi connectivity index (χ3n) is 2.54. The lowest BCUT2D eigenvalue weighted by Crippen LogP contribution is -2.28. The molecule has 2 N–H and O–H groups in total. The maximum absolute atomic E-state index is 11.5. The van der Waals surface area contributed by atoms with Gasteiger partial charge in [0.25, 0.3) is 5.56 Å². The Bertz CT molecular complexity index is 682. The molecule has 8 heteroatoms. The predicted octanol–water partition coefficient (Wildman–Crippen LogP) is -0.559. The first-order valence-electron chi connectivity index (χ1n) is 5.08. The van der Waals surface area contributed by atoms with Crippen LogP contribution >= 0.6 is 11.8 Å². The summed E-state index contributed by atoms with van der Waals surface area (Å²) in [5, 5.41) is 0.627. The number of aromatic amines is 2. The van der Waals surface area contributed by atoms with E-state index in [4.69, 9.17) is 4.74 Å². The highest BCUT2D eigenvalue weighted by Crippen LogP contribution is 2.22. The van der Waals surface area contributed by atoms with Crippen LogP contribution in [0.25, 0.3) is 11.2 Å². The monoisotopic (exact) mass is 254 g/mol. The Hall–Kier alpha value is -1.54. The van der Waals surface area contributed by atoms with Gasteiger partial charge in [-0.1, -0.05) is 11.8 Å². The van der Waals surface area contributed by atoms with Gasteiger partial charge in [-0.05, 0) is 0 Å². The maximum atomic E-state index is 11.5. The number of fused-ring (bicyclic) bond motifs is 1. The fraction of sp³-hybridized carbons (Fsp3) is 0.444. The van der Waals surface area contributed by atoms with E-state index in [2.05, 4.69) is 15.0 Å². The fourth-order valence-electron chi connectivity index (χ4n) is 1.49. The van der Waals surface area contributed by atoms with Crippen molar-refractivity contribution in [3.63, 3.8) is 0 Å². The molecule has 0 aromatic carbocycles. The van der Waals surface area contributed by atoms with Gasteiger partial charge in [-0.2, -0.15) is 0 Å². The lowest BCUT2D eigenvalue weighted by Gasteiger charge is -1.94. The van der Waals surface area contributed by atoms with Crippen LogP contribution in [0.5, 0.6) is 0 Å². The molecule has 1 aliphatic heterocycles. The van der Waals surface area contributed by atoms with Crippen molar-refractivity contribution in [1.29, 1.82) is 0 Å². The lowest BCUT2D eigenvalue weighted by molar-refractivity contribution is 0.426. The second-order valence-corrected chi connectivity index (χ2v) is 4.83. The minimum atomic E-state index is -0.462. The second kappa shape index (κ2) is 3.74. The van der Waals surface area contributed by atoms with Gasteiger partial charge in [0.05, 0.1) is 12.7 Å². The summed E-state index contributed by atoms with van der Waals surface area (Å²) in [5.74, 6) is 0.797. The molecule has 0 amide bonds. The van der Waals surface area contributed by atoms with Crippen LogP contribution in [0.3, 0.4) is 0 Å². The summed E-state index contributed by atoms with van der Waals surface area (Å²) >= 11 is 1.48. The first kappa shape index (κ1) is 10.6. The molecule has 0 spiro atoms. The van der Waals surface area contributed by atoms with Gasteiger partial charge >= 0.3 is 5.69 Å². The number of nitrogens with one attached hydrogen (secondary N) is 2. The summed E-state index contributed by atoms with van der Waals surface area (Å²) in [6.07, 6.45) is 0.287. The number of H-pyrrole nitrogens is 2. The van der Waals surface area contributed by atoms with Crippen molar-refractivity contribution in [3.05, 3.63) is 20.8 Å². The standard InChI is InChI=1S/C9H10N4O3S/c1-13-6-5(7(14)12-9(13)15)10-8(11-6)17-3-4-2-16-4/h4H,2-3H2,1H3,(H,10,11)(H,12,14,15). The molecular weight excluding hydrogens is 244 g/mol. The number of epoxide rings is 1. The van der Waals surface area contributed by atoms with E-state index in [0.717, 1.165) is 12.4 Å². The topological polar surface area (TPSA) is 96.1 Å². The van der Waals surface area contributed by atoms with Crippen LogP contribution in [0.4, 0.5) is 0 Å². The number of aryl methyl sites for hydroxylation is 1. The largest absolute Gasteiger partial charge is 0.372 e. The molecule has 1 unspecified atom stereocenters. The van der Waals surface area contributed by atoms with E-state index in [1.807, 2.05) is 0 Å². The molecule has 7 nitrogen and oxygen atoms in total. The molecule has 0 saturated carbocycles. The van der Waals surface area contributed by atoms with Gasteiger partial charge in [-0.25, -0.2) is 9.78 Å². The molecular formula is C9H10N4O3S. The van der Waals surface area contributed by atoms with Crippen molar-refractivity contribution < 1.29 is 4.74 Å². The Balaban J connectivity index is 2.04. The minimum absolute atomic E-state index is 0.287. The smallest absolute Gasteiger partial charge is 0.329 e. The highest BCUT2D eigenvalue weighted by atomic mass is 32.2. The SMILES string of the molecule is Cn1c(=O)[nH]c(=O)c2[nH]c(SCC3CO3)nc21. The number of thioether (sulfide) groups is 1. The number of ether oxygens (including phenoxy) is 1. The normalized spacial score (nSPS) is 18.8. The van der Waals surface area contributed by atoms with Gasteiger partial charge in [0.1, 0.15) is 0 Å². The molecule has 90 valence electrons. The summed E-state index contributed by atoms with van der Waals surface area (Å²) in [7, 11) is 1.57. The zero-order valence-electron chi connectivity index (χ0n) is 9.02. The molecule has 1 fully saturated rings. The molecule has 1 atom stereocenters. The van der Waals surface area contributed by atoms with Crippen molar-refractivity contribution in [1.82, 2.24) is 19.5 Å². The highest BCUT2D eigenvalue weighted by Gasteiger charge is 2.23. The Morgan fingerprint density at radius 2 is 2.29 bits per heavy atom.